The molecule has 3 nitrogen and oxygen atoms in total. The van der Waals surface area contributed by atoms with Gasteiger partial charge in [0.1, 0.15) is 11.4 Å². The summed E-state index contributed by atoms with van der Waals surface area (Å²) in [7, 11) is 0. The van der Waals surface area contributed by atoms with Gasteiger partial charge in [-0.25, -0.2) is 0 Å². The molecule has 0 spiro atoms. The molecule has 1 amide bonds. The third-order valence-corrected chi connectivity index (χ3v) is 1.73. The van der Waals surface area contributed by atoms with E-state index in [4.69, 9.17) is 16.9 Å². The molecule has 0 aromatic carbocycles. The Hall–Kier alpha value is -0.750. The Morgan fingerprint density at radius 2 is 2.36 bits per heavy atom. The molecule has 4 heteroatoms. The quantitative estimate of drug-likeness (QED) is 0.650. The molecule has 0 fully saturated rings. The lowest BCUT2D eigenvalue weighted by Gasteiger charge is -2.20. The number of carbonyl (C=O) groups is 1. The average molecular weight is 175 g/mol. The maximum absolute atomic E-state index is 10.8. The first-order chi connectivity index (χ1) is 5.08. The van der Waals surface area contributed by atoms with Crippen molar-refractivity contribution in [1.82, 2.24) is 5.32 Å². The van der Waals surface area contributed by atoms with E-state index >= 15 is 0 Å². The molecule has 1 atom stereocenters. The van der Waals surface area contributed by atoms with Crippen LogP contribution in [0.5, 0.6) is 0 Å². The van der Waals surface area contributed by atoms with Gasteiger partial charge in [0, 0.05) is 0 Å². The normalized spacial score (nSPS) is 14.7. The fourth-order valence-corrected chi connectivity index (χ4v) is 0.603. The zero-order chi connectivity index (χ0) is 8.91. The highest BCUT2D eigenvalue weighted by Crippen LogP contribution is 2.06. The van der Waals surface area contributed by atoms with E-state index in [9.17, 15) is 4.79 Å². The second kappa shape index (κ2) is 4.20. The monoisotopic (exact) mass is 174 g/mol. The third kappa shape index (κ3) is 3.24. The van der Waals surface area contributed by atoms with E-state index in [0.29, 0.717) is 6.42 Å². The number of carbonyl (C=O) groups excluding carboxylic acids is 1. The van der Waals surface area contributed by atoms with Crippen molar-refractivity contribution in [3.05, 3.63) is 0 Å². The number of halogens is 1. The molecule has 0 saturated heterocycles. The van der Waals surface area contributed by atoms with Gasteiger partial charge in [0.25, 0.3) is 0 Å². The van der Waals surface area contributed by atoms with Crippen molar-refractivity contribution in [2.75, 3.05) is 5.88 Å². The standard InChI is InChI=1S/C7H11ClN2O/c1-3-7(2,5-9)10-6(11)4-8/h3-4H2,1-2H3,(H,10,11). The van der Waals surface area contributed by atoms with Gasteiger partial charge in [0.15, 0.2) is 0 Å². The van der Waals surface area contributed by atoms with Crippen molar-refractivity contribution in [2.24, 2.45) is 0 Å². The second-order valence-electron chi connectivity index (χ2n) is 2.48. The minimum absolute atomic E-state index is 0.0999. The van der Waals surface area contributed by atoms with E-state index < -0.39 is 5.54 Å². The SMILES string of the molecule is CCC(C)(C#N)NC(=O)CCl. The molecule has 1 unspecified atom stereocenters. The Labute approximate surface area is 71.3 Å². The van der Waals surface area contributed by atoms with Crippen LogP contribution < -0.4 is 5.32 Å². The van der Waals surface area contributed by atoms with Crippen molar-refractivity contribution in [1.29, 1.82) is 5.26 Å². The van der Waals surface area contributed by atoms with E-state index in [1.165, 1.54) is 0 Å². The van der Waals surface area contributed by atoms with Crippen LogP contribution in [0.25, 0.3) is 0 Å². The largest absolute Gasteiger partial charge is 0.337 e. The van der Waals surface area contributed by atoms with E-state index in [-0.39, 0.29) is 11.8 Å². The Bertz CT molecular complexity index is 187. The van der Waals surface area contributed by atoms with Crippen molar-refractivity contribution < 1.29 is 4.79 Å². The number of hydrogen-bond acceptors (Lipinski definition) is 2. The van der Waals surface area contributed by atoms with E-state index in [1.807, 2.05) is 13.0 Å². The first kappa shape index (κ1) is 10.2. The van der Waals surface area contributed by atoms with E-state index in [1.54, 1.807) is 6.92 Å². The van der Waals surface area contributed by atoms with E-state index in [2.05, 4.69) is 5.32 Å². The number of hydrogen-bond donors (Lipinski definition) is 1. The zero-order valence-electron chi connectivity index (χ0n) is 6.65. The number of alkyl halides is 1. The number of nitriles is 1. The fourth-order valence-electron chi connectivity index (χ4n) is 0.537. The number of nitrogens with one attached hydrogen (secondary N) is 1. The first-order valence-electron chi connectivity index (χ1n) is 3.36. The Balaban J connectivity index is 4.11. The smallest absolute Gasteiger partial charge is 0.236 e. The number of nitrogens with zero attached hydrogens (tertiary/aromatic N) is 1. The summed E-state index contributed by atoms with van der Waals surface area (Å²) in [5, 5.41) is 11.1. The van der Waals surface area contributed by atoms with Crippen molar-refractivity contribution in [2.45, 2.75) is 25.8 Å². The maximum Gasteiger partial charge on any atom is 0.236 e. The Morgan fingerprint density at radius 1 is 1.82 bits per heavy atom. The van der Waals surface area contributed by atoms with Crippen LogP contribution in [0.4, 0.5) is 0 Å². The molecule has 0 heterocycles. The highest BCUT2D eigenvalue weighted by Gasteiger charge is 2.22. The average Bonchev–Trinajstić information content (AvgIpc) is 2.04. The lowest BCUT2D eigenvalue weighted by molar-refractivity contribution is -0.119. The number of rotatable bonds is 3. The van der Waals surface area contributed by atoms with Crippen LogP contribution in [0, 0.1) is 11.3 Å². The molecule has 0 aromatic rings. The van der Waals surface area contributed by atoms with Gasteiger partial charge in [0.2, 0.25) is 5.91 Å². The van der Waals surface area contributed by atoms with Gasteiger partial charge in [-0.3, -0.25) is 4.79 Å². The minimum atomic E-state index is -0.772. The Kier molecular flexibility index (Phi) is 3.91. The fraction of sp³-hybridized carbons (Fsp3) is 0.714. The summed E-state index contributed by atoms with van der Waals surface area (Å²) in [6.07, 6.45) is 0.576. The van der Waals surface area contributed by atoms with Crippen LogP contribution >= 0.6 is 11.6 Å². The predicted molar refractivity (Wildman–Crippen MR) is 43.2 cm³/mol. The minimum Gasteiger partial charge on any atom is -0.337 e. The molecule has 0 radical (unpaired) electrons. The van der Waals surface area contributed by atoms with Crippen LogP contribution in [0.1, 0.15) is 20.3 Å². The zero-order valence-corrected chi connectivity index (χ0v) is 7.40. The molecular weight excluding hydrogens is 164 g/mol. The van der Waals surface area contributed by atoms with Gasteiger partial charge in [0.05, 0.1) is 6.07 Å². The van der Waals surface area contributed by atoms with Crippen LogP contribution in [-0.2, 0) is 4.79 Å². The molecule has 0 aliphatic rings. The predicted octanol–water partition coefficient (Wildman–Crippen LogP) is 1.03. The van der Waals surface area contributed by atoms with Gasteiger partial charge >= 0.3 is 0 Å². The molecule has 0 aliphatic carbocycles. The summed E-state index contributed by atoms with van der Waals surface area (Å²) < 4.78 is 0. The molecule has 0 saturated carbocycles. The highest BCUT2D eigenvalue weighted by atomic mass is 35.5. The van der Waals surface area contributed by atoms with E-state index in [0.717, 1.165) is 0 Å². The lowest BCUT2D eigenvalue weighted by Crippen LogP contribution is -2.44. The maximum atomic E-state index is 10.8. The van der Waals surface area contributed by atoms with Crippen molar-refractivity contribution in [3.8, 4) is 6.07 Å². The molecule has 0 bridgehead atoms. The Morgan fingerprint density at radius 3 is 2.64 bits per heavy atom. The summed E-state index contributed by atoms with van der Waals surface area (Å²) in [5.74, 6) is -0.408. The summed E-state index contributed by atoms with van der Waals surface area (Å²) in [5.41, 5.74) is -0.772. The molecular formula is C7H11ClN2O. The molecule has 11 heavy (non-hydrogen) atoms. The van der Waals surface area contributed by atoms with Gasteiger partial charge in [-0.05, 0) is 13.3 Å². The summed E-state index contributed by atoms with van der Waals surface area (Å²) in [6.45, 7) is 3.50. The topological polar surface area (TPSA) is 52.9 Å². The van der Waals surface area contributed by atoms with Crippen LogP contribution in [-0.4, -0.2) is 17.3 Å². The number of amides is 1. The lowest BCUT2D eigenvalue weighted by atomic mass is 10.0. The summed E-state index contributed by atoms with van der Waals surface area (Å²) >= 11 is 5.25. The molecule has 0 aliphatic heterocycles. The summed E-state index contributed by atoms with van der Waals surface area (Å²) in [6, 6.07) is 2.00. The molecule has 0 rings (SSSR count). The van der Waals surface area contributed by atoms with Crippen molar-refractivity contribution >= 4 is 17.5 Å². The van der Waals surface area contributed by atoms with Crippen LogP contribution in [0.3, 0.4) is 0 Å². The highest BCUT2D eigenvalue weighted by molar-refractivity contribution is 6.27. The molecule has 0 aromatic heterocycles. The second-order valence-corrected chi connectivity index (χ2v) is 2.75. The van der Waals surface area contributed by atoms with Gasteiger partial charge in [-0.15, -0.1) is 11.6 Å². The van der Waals surface area contributed by atoms with Gasteiger partial charge in [-0.2, -0.15) is 5.26 Å². The van der Waals surface area contributed by atoms with Gasteiger partial charge < -0.3 is 5.32 Å². The van der Waals surface area contributed by atoms with Gasteiger partial charge in [-0.1, -0.05) is 6.92 Å². The molecule has 62 valence electrons. The summed E-state index contributed by atoms with van der Waals surface area (Å²) in [4.78, 5) is 10.8. The third-order valence-electron chi connectivity index (χ3n) is 1.49. The molecule has 1 N–H and O–H groups in total. The van der Waals surface area contributed by atoms with Crippen LogP contribution in [0.15, 0.2) is 0 Å². The first-order valence-corrected chi connectivity index (χ1v) is 3.89. The van der Waals surface area contributed by atoms with Crippen LogP contribution in [0.2, 0.25) is 0 Å². The van der Waals surface area contributed by atoms with Crippen molar-refractivity contribution in [3.63, 3.8) is 0 Å².